The monoisotopic (exact) mass is 299 g/mol. The summed E-state index contributed by atoms with van der Waals surface area (Å²) in [6.07, 6.45) is 0. The molecule has 1 unspecified atom stereocenters. The van der Waals surface area contributed by atoms with Crippen LogP contribution in [0, 0.1) is 0 Å². The SMILES string of the molecule is O=C(O)c1ccccc1OC(=O)C(C(=O)[O-])c1ccccc1. The van der Waals surface area contributed by atoms with E-state index in [0.29, 0.717) is 0 Å². The standard InChI is InChI=1S/C16H12O6/c17-14(18)11-8-4-5-9-12(11)22-16(21)13(15(19)20)10-6-2-1-3-7-10/h1-9,13H,(H,17,18)(H,19,20)/p-1. The first-order chi connectivity index (χ1) is 10.5. The number of rotatable bonds is 5. The van der Waals surface area contributed by atoms with E-state index in [1.807, 2.05) is 0 Å². The van der Waals surface area contributed by atoms with Gasteiger partial charge in [0.2, 0.25) is 0 Å². The normalized spacial score (nSPS) is 11.5. The summed E-state index contributed by atoms with van der Waals surface area (Å²) in [4.78, 5) is 34.4. The molecule has 0 aromatic heterocycles. The van der Waals surface area contributed by atoms with E-state index in [1.165, 1.54) is 36.4 Å². The average molecular weight is 299 g/mol. The van der Waals surface area contributed by atoms with Crippen LogP contribution < -0.4 is 9.84 Å². The van der Waals surface area contributed by atoms with Crippen LogP contribution in [0.3, 0.4) is 0 Å². The fourth-order valence-corrected chi connectivity index (χ4v) is 1.91. The number of benzene rings is 2. The van der Waals surface area contributed by atoms with Crippen molar-refractivity contribution >= 4 is 17.9 Å². The second-order valence-corrected chi connectivity index (χ2v) is 4.39. The Morgan fingerprint density at radius 1 is 0.955 bits per heavy atom. The number of carboxylic acids is 2. The summed E-state index contributed by atoms with van der Waals surface area (Å²) in [5, 5.41) is 20.2. The number of esters is 1. The molecule has 2 aromatic carbocycles. The summed E-state index contributed by atoms with van der Waals surface area (Å²) in [7, 11) is 0. The molecular formula is C16H11O6-. The third-order valence-corrected chi connectivity index (χ3v) is 2.93. The summed E-state index contributed by atoms with van der Waals surface area (Å²) >= 11 is 0. The van der Waals surface area contributed by atoms with E-state index >= 15 is 0 Å². The maximum absolute atomic E-state index is 12.1. The number of carbonyl (C=O) groups excluding carboxylic acids is 2. The van der Waals surface area contributed by atoms with Crippen molar-refractivity contribution in [2.75, 3.05) is 0 Å². The Balaban J connectivity index is 2.31. The highest BCUT2D eigenvalue weighted by molar-refractivity contribution is 6.01. The molecular weight excluding hydrogens is 288 g/mol. The molecule has 0 amide bonds. The van der Waals surface area contributed by atoms with Crippen molar-refractivity contribution in [1.29, 1.82) is 0 Å². The molecule has 0 bridgehead atoms. The van der Waals surface area contributed by atoms with Crippen LogP contribution in [0.1, 0.15) is 21.8 Å². The first kappa shape index (κ1) is 15.2. The quantitative estimate of drug-likeness (QED) is 0.498. The smallest absolute Gasteiger partial charge is 0.339 e. The van der Waals surface area contributed by atoms with Crippen molar-refractivity contribution in [2.45, 2.75) is 5.92 Å². The van der Waals surface area contributed by atoms with Gasteiger partial charge >= 0.3 is 11.9 Å². The summed E-state index contributed by atoms with van der Waals surface area (Å²) in [6, 6.07) is 13.2. The van der Waals surface area contributed by atoms with Gasteiger partial charge < -0.3 is 19.7 Å². The summed E-state index contributed by atoms with van der Waals surface area (Å²) in [5.74, 6) is -5.87. The van der Waals surface area contributed by atoms with Gasteiger partial charge in [0, 0.05) is 0 Å². The van der Waals surface area contributed by atoms with Crippen LogP contribution in [-0.2, 0) is 9.59 Å². The molecule has 0 radical (unpaired) electrons. The van der Waals surface area contributed by atoms with E-state index in [1.54, 1.807) is 18.2 Å². The Kier molecular flexibility index (Phi) is 4.53. The second-order valence-electron chi connectivity index (χ2n) is 4.39. The minimum absolute atomic E-state index is 0.195. The Labute approximate surface area is 125 Å². The molecule has 1 N–H and O–H groups in total. The number of para-hydroxylation sites is 1. The fraction of sp³-hybridized carbons (Fsp3) is 0.0625. The molecule has 0 aliphatic carbocycles. The van der Waals surface area contributed by atoms with Gasteiger partial charge in [0.25, 0.3) is 0 Å². The van der Waals surface area contributed by atoms with Crippen LogP contribution in [0.4, 0.5) is 0 Å². The molecule has 22 heavy (non-hydrogen) atoms. The summed E-state index contributed by atoms with van der Waals surface area (Å²) in [5.41, 5.74) is -0.0404. The number of ether oxygens (including phenoxy) is 1. The van der Waals surface area contributed by atoms with Crippen LogP contribution in [0.5, 0.6) is 5.75 Å². The highest BCUT2D eigenvalue weighted by Crippen LogP contribution is 2.22. The Morgan fingerprint density at radius 2 is 1.55 bits per heavy atom. The van der Waals surface area contributed by atoms with Gasteiger partial charge in [-0.1, -0.05) is 42.5 Å². The van der Waals surface area contributed by atoms with Crippen LogP contribution in [0.25, 0.3) is 0 Å². The number of aromatic carboxylic acids is 1. The first-order valence-corrected chi connectivity index (χ1v) is 6.30. The Hall–Kier alpha value is -3.15. The number of hydrogen-bond donors (Lipinski definition) is 1. The maximum Gasteiger partial charge on any atom is 0.339 e. The molecule has 6 heteroatoms. The van der Waals surface area contributed by atoms with E-state index in [-0.39, 0.29) is 16.9 Å². The zero-order chi connectivity index (χ0) is 16.1. The lowest BCUT2D eigenvalue weighted by Gasteiger charge is -2.17. The molecule has 6 nitrogen and oxygen atoms in total. The van der Waals surface area contributed by atoms with Crippen molar-refractivity contribution in [3.63, 3.8) is 0 Å². The molecule has 1 atom stereocenters. The second kappa shape index (κ2) is 6.53. The predicted octanol–water partition coefficient (Wildman–Crippen LogP) is 0.824. The topological polar surface area (TPSA) is 104 Å². The third-order valence-electron chi connectivity index (χ3n) is 2.93. The minimum Gasteiger partial charge on any atom is -0.549 e. The van der Waals surface area contributed by atoms with Crippen molar-refractivity contribution in [2.24, 2.45) is 0 Å². The van der Waals surface area contributed by atoms with Crippen LogP contribution in [0.15, 0.2) is 54.6 Å². The fourth-order valence-electron chi connectivity index (χ4n) is 1.91. The minimum atomic E-state index is -1.64. The number of aliphatic carboxylic acids is 1. The first-order valence-electron chi connectivity index (χ1n) is 6.30. The molecule has 0 aliphatic heterocycles. The molecule has 0 fully saturated rings. The Morgan fingerprint density at radius 3 is 2.14 bits per heavy atom. The zero-order valence-electron chi connectivity index (χ0n) is 11.3. The largest absolute Gasteiger partial charge is 0.549 e. The summed E-state index contributed by atoms with van der Waals surface area (Å²) in [6.45, 7) is 0. The summed E-state index contributed by atoms with van der Waals surface area (Å²) < 4.78 is 4.94. The van der Waals surface area contributed by atoms with E-state index in [9.17, 15) is 19.5 Å². The van der Waals surface area contributed by atoms with E-state index in [2.05, 4.69) is 0 Å². The van der Waals surface area contributed by atoms with E-state index < -0.39 is 23.8 Å². The van der Waals surface area contributed by atoms with Gasteiger partial charge in [-0.3, -0.25) is 4.79 Å². The molecule has 2 rings (SSSR count). The molecule has 112 valence electrons. The maximum atomic E-state index is 12.1. The van der Waals surface area contributed by atoms with Crippen LogP contribution >= 0.6 is 0 Å². The van der Waals surface area contributed by atoms with Gasteiger partial charge in [-0.25, -0.2) is 4.79 Å². The average Bonchev–Trinajstić information content (AvgIpc) is 2.48. The molecule has 0 heterocycles. The van der Waals surface area contributed by atoms with Gasteiger partial charge in [-0.2, -0.15) is 0 Å². The van der Waals surface area contributed by atoms with Crippen molar-refractivity contribution in [3.8, 4) is 5.75 Å². The lowest BCUT2D eigenvalue weighted by atomic mass is 9.99. The zero-order valence-corrected chi connectivity index (χ0v) is 11.3. The third kappa shape index (κ3) is 3.29. The van der Waals surface area contributed by atoms with Crippen LogP contribution in [0.2, 0.25) is 0 Å². The lowest BCUT2D eigenvalue weighted by molar-refractivity contribution is -0.307. The van der Waals surface area contributed by atoms with Gasteiger partial charge in [0.1, 0.15) is 17.2 Å². The van der Waals surface area contributed by atoms with E-state index in [0.717, 1.165) is 0 Å². The lowest BCUT2D eigenvalue weighted by Crippen LogP contribution is -2.36. The molecule has 0 spiro atoms. The number of carboxylic acid groups (broad SMARTS) is 2. The highest BCUT2D eigenvalue weighted by atomic mass is 16.5. The Bertz CT molecular complexity index is 708. The highest BCUT2D eigenvalue weighted by Gasteiger charge is 2.25. The van der Waals surface area contributed by atoms with Gasteiger partial charge in [-0.05, 0) is 17.7 Å². The number of hydrogen-bond acceptors (Lipinski definition) is 5. The predicted molar refractivity (Wildman–Crippen MR) is 73.2 cm³/mol. The van der Waals surface area contributed by atoms with Gasteiger partial charge in [0.05, 0.1) is 5.97 Å². The number of carbonyl (C=O) groups is 3. The molecule has 0 saturated heterocycles. The molecule has 2 aromatic rings. The van der Waals surface area contributed by atoms with Crippen molar-refractivity contribution in [3.05, 3.63) is 65.7 Å². The van der Waals surface area contributed by atoms with Crippen molar-refractivity contribution < 1.29 is 29.3 Å². The van der Waals surface area contributed by atoms with Crippen LogP contribution in [-0.4, -0.2) is 23.0 Å². The van der Waals surface area contributed by atoms with Gasteiger partial charge in [-0.15, -0.1) is 0 Å². The molecule has 0 aliphatic rings. The van der Waals surface area contributed by atoms with E-state index in [4.69, 9.17) is 9.84 Å². The van der Waals surface area contributed by atoms with Crippen molar-refractivity contribution in [1.82, 2.24) is 0 Å². The molecule has 0 saturated carbocycles. The van der Waals surface area contributed by atoms with Gasteiger partial charge in [0.15, 0.2) is 0 Å².